The Kier molecular flexibility index (Phi) is 5.73. The third-order valence-electron chi connectivity index (χ3n) is 5.57. The number of carbonyl (C=O) groups excluding carboxylic acids is 3. The van der Waals surface area contributed by atoms with Gasteiger partial charge in [0.05, 0.1) is 33.6 Å². The molecule has 3 amide bonds. The number of hydrogen-bond acceptors (Lipinski definition) is 8. The second-order valence-electron chi connectivity index (χ2n) is 8.04. The Morgan fingerprint density at radius 2 is 1.80 bits per heavy atom. The molecular weight excluding hydrogens is 490 g/mol. The lowest BCUT2D eigenvalue weighted by atomic mass is 10.1. The second kappa shape index (κ2) is 8.75. The third kappa shape index (κ3) is 4.47. The summed E-state index contributed by atoms with van der Waals surface area (Å²) < 4.78 is 30.0. The number of furan rings is 1. The van der Waals surface area contributed by atoms with Crippen LogP contribution >= 0.6 is 11.3 Å². The summed E-state index contributed by atoms with van der Waals surface area (Å²) in [6.07, 6.45) is 2.99. The number of carbonyl (C=O) groups is 3. The highest BCUT2D eigenvalue weighted by molar-refractivity contribution is 7.90. The summed E-state index contributed by atoms with van der Waals surface area (Å²) >= 11 is 1.19. The Morgan fingerprint density at radius 1 is 1.09 bits per heavy atom. The zero-order valence-corrected chi connectivity index (χ0v) is 20.1. The van der Waals surface area contributed by atoms with Gasteiger partial charge in [-0.1, -0.05) is 11.3 Å². The first kappa shape index (κ1) is 22.9. The fourth-order valence-corrected chi connectivity index (χ4v) is 5.52. The van der Waals surface area contributed by atoms with Crippen LogP contribution in [0.25, 0.3) is 10.2 Å². The Balaban J connectivity index is 1.50. The Labute approximate surface area is 204 Å². The van der Waals surface area contributed by atoms with Gasteiger partial charge in [-0.15, -0.1) is 0 Å². The second-order valence-corrected chi connectivity index (χ2v) is 11.1. The first-order chi connectivity index (χ1) is 16.7. The van der Waals surface area contributed by atoms with Crippen LogP contribution in [0.15, 0.2) is 70.2 Å². The monoisotopic (exact) mass is 509 g/mol. The van der Waals surface area contributed by atoms with Crippen LogP contribution in [-0.4, -0.2) is 37.4 Å². The molecule has 178 valence electrons. The molecule has 0 saturated carbocycles. The lowest BCUT2D eigenvalue weighted by molar-refractivity contribution is -0.121. The van der Waals surface area contributed by atoms with E-state index < -0.39 is 9.84 Å². The highest BCUT2D eigenvalue weighted by Crippen LogP contribution is 2.33. The molecule has 2 aromatic heterocycles. The van der Waals surface area contributed by atoms with Gasteiger partial charge in [-0.05, 0) is 54.6 Å². The summed E-state index contributed by atoms with van der Waals surface area (Å²) in [4.78, 5) is 44.9. The van der Waals surface area contributed by atoms with E-state index in [0.29, 0.717) is 32.4 Å². The molecule has 0 N–H and O–H groups in total. The molecular formula is C24H19N3O6S2. The van der Waals surface area contributed by atoms with Gasteiger partial charge in [-0.3, -0.25) is 24.2 Å². The van der Waals surface area contributed by atoms with Gasteiger partial charge in [0.1, 0.15) is 5.76 Å². The van der Waals surface area contributed by atoms with E-state index in [0.717, 1.165) is 11.2 Å². The van der Waals surface area contributed by atoms with Crippen molar-refractivity contribution in [2.24, 2.45) is 0 Å². The topological polar surface area (TPSA) is 118 Å². The van der Waals surface area contributed by atoms with Crippen LogP contribution in [0.2, 0.25) is 0 Å². The minimum absolute atomic E-state index is 0.107. The van der Waals surface area contributed by atoms with Crippen molar-refractivity contribution >= 4 is 59.9 Å². The molecule has 4 aromatic rings. The lowest BCUT2D eigenvalue weighted by Gasteiger charge is -2.19. The summed E-state index contributed by atoms with van der Waals surface area (Å²) in [6, 6.07) is 14.3. The third-order valence-corrected chi connectivity index (χ3v) is 7.72. The average Bonchev–Trinajstić information content (AvgIpc) is 3.56. The van der Waals surface area contributed by atoms with Gasteiger partial charge in [0.25, 0.3) is 5.91 Å². The van der Waals surface area contributed by atoms with E-state index in [4.69, 9.17) is 4.42 Å². The molecule has 0 unspecified atom stereocenters. The van der Waals surface area contributed by atoms with Crippen molar-refractivity contribution in [3.63, 3.8) is 0 Å². The molecule has 1 aliphatic heterocycles. The van der Waals surface area contributed by atoms with Gasteiger partial charge in [-0.2, -0.15) is 0 Å². The maximum Gasteiger partial charge on any atom is 0.260 e. The Hall–Kier alpha value is -3.83. The number of rotatable bonds is 6. The number of amides is 3. The van der Waals surface area contributed by atoms with Gasteiger partial charge in [0, 0.05) is 24.7 Å². The molecule has 1 fully saturated rings. The fourth-order valence-electron chi connectivity index (χ4n) is 3.80. The zero-order chi connectivity index (χ0) is 24.7. The van der Waals surface area contributed by atoms with Crippen LogP contribution in [-0.2, 0) is 26.0 Å². The van der Waals surface area contributed by atoms with Crippen LogP contribution in [0, 0.1) is 0 Å². The molecule has 0 radical (unpaired) electrons. The van der Waals surface area contributed by atoms with Gasteiger partial charge in [0.15, 0.2) is 15.0 Å². The largest absolute Gasteiger partial charge is 0.467 e. The van der Waals surface area contributed by atoms with Crippen molar-refractivity contribution in [1.29, 1.82) is 0 Å². The number of imide groups is 1. The first-order valence-electron chi connectivity index (χ1n) is 10.6. The van der Waals surface area contributed by atoms with Gasteiger partial charge in [0.2, 0.25) is 11.8 Å². The van der Waals surface area contributed by atoms with E-state index in [1.807, 2.05) is 0 Å². The number of nitrogens with zero attached hydrogens (tertiary/aromatic N) is 3. The number of benzene rings is 2. The molecule has 0 bridgehead atoms. The summed E-state index contributed by atoms with van der Waals surface area (Å²) in [5.41, 5.74) is 1.31. The normalized spacial score (nSPS) is 14.1. The van der Waals surface area contributed by atoms with Gasteiger partial charge < -0.3 is 4.42 Å². The van der Waals surface area contributed by atoms with Crippen LogP contribution in [0.1, 0.15) is 29.0 Å². The molecule has 0 spiro atoms. The highest BCUT2D eigenvalue weighted by atomic mass is 32.2. The molecule has 35 heavy (non-hydrogen) atoms. The molecule has 3 heterocycles. The molecule has 9 nitrogen and oxygen atoms in total. The van der Waals surface area contributed by atoms with Crippen LogP contribution in [0.5, 0.6) is 0 Å². The van der Waals surface area contributed by atoms with Crippen molar-refractivity contribution in [1.82, 2.24) is 4.98 Å². The standard InChI is InChI=1S/C24H19N3O6S2/c1-35(31,32)18-8-9-19-20(13-18)34-24(25-19)26(14-17-3-2-12-33-17)23(30)15-4-6-16(7-5-15)27-21(28)10-11-22(27)29/h2-9,12-13H,10-11,14H2,1H3. The first-order valence-corrected chi connectivity index (χ1v) is 13.3. The smallest absolute Gasteiger partial charge is 0.260 e. The average molecular weight is 510 g/mol. The molecule has 1 saturated heterocycles. The van der Waals surface area contributed by atoms with E-state index in [-0.39, 0.29) is 42.0 Å². The van der Waals surface area contributed by atoms with E-state index in [1.54, 1.807) is 48.5 Å². The number of thiazole rings is 1. The van der Waals surface area contributed by atoms with Crippen molar-refractivity contribution in [3.8, 4) is 0 Å². The molecule has 11 heteroatoms. The summed E-state index contributed by atoms with van der Waals surface area (Å²) in [6.45, 7) is 0.107. The minimum atomic E-state index is -3.39. The summed E-state index contributed by atoms with van der Waals surface area (Å²) in [5.74, 6) is -0.360. The van der Waals surface area contributed by atoms with Crippen molar-refractivity contribution in [2.75, 3.05) is 16.1 Å². The number of anilines is 2. The predicted octanol–water partition coefficient (Wildman–Crippen LogP) is 3.79. The van der Waals surface area contributed by atoms with Crippen LogP contribution in [0.4, 0.5) is 10.8 Å². The van der Waals surface area contributed by atoms with Crippen molar-refractivity contribution < 1.29 is 27.2 Å². The number of sulfone groups is 1. The van der Waals surface area contributed by atoms with E-state index in [2.05, 4.69) is 4.98 Å². The Morgan fingerprint density at radius 3 is 2.43 bits per heavy atom. The summed E-state index contributed by atoms with van der Waals surface area (Å²) in [5, 5.41) is 0.376. The highest BCUT2D eigenvalue weighted by Gasteiger charge is 2.30. The number of fused-ring (bicyclic) bond motifs is 1. The molecule has 0 atom stereocenters. The minimum Gasteiger partial charge on any atom is -0.467 e. The summed E-state index contributed by atoms with van der Waals surface area (Å²) in [7, 11) is -3.39. The van der Waals surface area contributed by atoms with Gasteiger partial charge >= 0.3 is 0 Å². The van der Waals surface area contributed by atoms with Gasteiger partial charge in [-0.25, -0.2) is 13.4 Å². The van der Waals surface area contributed by atoms with Crippen molar-refractivity contribution in [3.05, 3.63) is 72.2 Å². The Bertz CT molecular complexity index is 1540. The maximum absolute atomic E-state index is 13.5. The lowest BCUT2D eigenvalue weighted by Crippen LogP contribution is -2.31. The molecule has 1 aliphatic rings. The van der Waals surface area contributed by atoms with E-state index in [9.17, 15) is 22.8 Å². The fraction of sp³-hybridized carbons (Fsp3) is 0.167. The SMILES string of the molecule is CS(=O)(=O)c1ccc2nc(N(Cc3ccco3)C(=O)c3ccc(N4C(=O)CCC4=O)cc3)sc2c1. The van der Waals surface area contributed by atoms with Crippen LogP contribution < -0.4 is 9.80 Å². The quantitative estimate of drug-likeness (QED) is 0.363. The van der Waals surface area contributed by atoms with Crippen molar-refractivity contribution in [2.45, 2.75) is 24.3 Å². The molecule has 0 aliphatic carbocycles. The molecule has 5 rings (SSSR count). The zero-order valence-electron chi connectivity index (χ0n) is 18.5. The predicted molar refractivity (Wildman–Crippen MR) is 130 cm³/mol. The number of hydrogen-bond donors (Lipinski definition) is 0. The number of aromatic nitrogens is 1. The molecule has 2 aromatic carbocycles. The van der Waals surface area contributed by atoms with E-state index in [1.165, 1.54) is 28.6 Å². The van der Waals surface area contributed by atoms with E-state index >= 15 is 0 Å². The maximum atomic E-state index is 13.5. The van der Waals surface area contributed by atoms with Crippen LogP contribution in [0.3, 0.4) is 0 Å².